The summed E-state index contributed by atoms with van der Waals surface area (Å²) in [6, 6.07) is 3.22. The number of likely N-dealkylation sites (N-methyl/N-ethyl adjacent to an activating group) is 1. The summed E-state index contributed by atoms with van der Waals surface area (Å²) in [7, 11) is 1.61. The summed E-state index contributed by atoms with van der Waals surface area (Å²) >= 11 is 1.48. The van der Waals surface area contributed by atoms with Crippen molar-refractivity contribution in [1.82, 2.24) is 4.90 Å². The molecule has 5 nitrogen and oxygen atoms in total. The molecular formula is C11H13NO4S. The van der Waals surface area contributed by atoms with Gasteiger partial charge >= 0.3 is 5.97 Å². The van der Waals surface area contributed by atoms with Crippen LogP contribution in [0.1, 0.15) is 15.8 Å². The molecule has 92 valence electrons. The molecule has 1 saturated heterocycles. The third-order valence-corrected chi connectivity index (χ3v) is 3.85. The first-order valence-corrected chi connectivity index (χ1v) is 5.98. The van der Waals surface area contributed by atoms with Crippen LogP contribution in [0.2, 0.25) is 0 Å². The van der Waals surface area contributed by atoms with Crippen LogP contribution in [-0.2, 0) is 14.3 Å². The van der Waals surface area contributed by atoms with Crippen molar-refractivity contribution >= 4 is 23.2 Å². The highest BCUT2D eigenvalue weighted by Crippen LogP contribution is 2.33. The Balaban J connectivity index is 2.36. The van der Waals surface area contributed by atoms with Crippen molar-refractivity contribution in [3.63, 3.8) is 0 Å². The summed E-state index contributed by atoms with van der Waals surface area (Å²) < 4.78 is 5.11. The number of carboxylic acids is 1. The van der Waals surface area contributed by atoms with Crippen LogP contribution in [-0.4, -0.2) is 41.6 Å². The third kappa shape index (κ3) is 2.18. The molecule has 1 aromatic rings. The fourth-order valence-corrected chi connectivity index (χ4v) is 2.92. The van der Waals surface area contributed by atoms with Gasteiger partial charge in [-0.05, 0) is 19.1 Å². The van der Waals surface area contributed by atoms with Gasteiger partial charge in [0.1, 0.15) is 12.6 Å². The molecule has 1 aromatic heterocycles. The van der Waals surface area contributed by atoms with Gasteiger partial charge in [-0.1, -0.05) is 0 Å². The number of amides is 1. The summed E-state index contributed by atoms with van der Waals surface area (Å²) in [4.78, 5) is 26.1. The second kappa shape index (κ2) is 4.46. The predicted molar refractivity (Wildman–Crippen MR) is 61.9 cm³/mol. The van der Waals surface area contributed by atoms with Crippen LogP contribution in [0.4, 0.5) is 0 Å². The van der Waals surface area contributed by atoms with Gasteiger partial charge in [0.25, 0.3) is 0 Å². The first kappa shape index (κ1) is 12.1. The molecule has 0 aromatic carbocycles. The van der Waals surface area contributed by atoms with Gasteiger partial charge in [-0.15, -0.1) is 11.3 Å². The molecule has 6 heteroatoms. The SMILES string of the molecule is Cc1ccc(C2C(C(=O)O)OCC(=O)N2C)s1. The van der Waals surface area contributed by atoms with Crippen molar-refractivity contribution in [1.29, 1.82) is 0 Å². The summed E-state index contributed by atoms with van der Waals surface area (Å²) in [6.45, 7) is 1.77. The summed E-state index contributed by atoms with van der Waals surface area (Å²) in [5.41, 5.74) is 0. The van der Waals surface area contributed by atoms with Gasteiger partial charge in [-0.2, -0.15) is 0 Å². The zero-order chi connectivity index (χ0) is 12.6. The maximum atomic E-state index is 11.6. The van der Waals surface area contributed by atoms with E-state index in [1.54, 1.807) is 7.05 Å². The maximum Gasteiger partial charge on any atom is 0.335 e. The number of morpholine rings is 1. The lowest BCUT2D eigenvalue weighted by Gasteiger charge is -2.36. The van der Waals surface area contributed by atoms with Crippen molar-refractivity contribution in [2.24, 2.45) is 0 Å². The predicted octanol–water partition coefficient (Wildman–Crippen LogP) is 1.04. The molecule has 2 unspecified atom stereocenters. The van der Waals surface area contributed by atoms with E-state index in [-0.39, 0.29) is 12.5 Å². The highest BCUT2D eigenvalue weighted by molar-refractivity contribution is 7.12. The smallest absolute Gasteiger partial charge is 0.335 e. The van der Waals surface area contributed by atoms with Crippen LogP contribution in [0.25, 0.3) is 0 Å². The molecule has 2 rings (SSSR count). The maximum absolute atomic E-state index is 11.6. The molecule has 1 aliphatic rings. The monoisotopic (exact) mass is 255 g/mol. The lowest BCUT2D eigenvalue weighted by Crippen LogP contribution is -2.49. The Morgan fingerprint density at radius 2 is 2.29 bits per heavy atom. The normalized spacial score (nSPS) is 25.1. The minimum Gasteiger partial charge on any atom is -0.479 e. The van der Waals surface area contributed by atoms with Crippen LogP contribution in [0.15, 0.2) is 12.1 Å². The standard InChI is InChI=1S/C11H13NO4S/c1-6-3-4-7(17-6)9-10(11(14)15)16-5-8(13)12(9)2/h3-4,9-10H,5H2,1-2H3,(H,14,15). The van der Waals surface area contributed by atoms with E-state index in [2.05, 4.69) is 0 Å². The van der Waals surface area contributed by atoms with Crippen molar-refractivity contribution in [3.8, 4) is 0 Å². The van der Waals surface area contributed by atoms with E-state index < -0.39 is 18.1 Å². The average molecular weight is 255 g/mol. The summed E-state index contributed by atoms with van der Waals surface area (Å²) in [6.07, 6.45) is -0.990. The van der Waals surface area contributed by atoms with Crippen molar-refractivity contribution < 1.29 is 19.4 Å². The molecule has 0 bridgehead atoms. The molecule has 1 fully saturated rings. The van der Waals surface area contributed by atoms with Gasteiger partial charge in [0, 0.05) is 16.8 Å². The van der Waals surface area contributed by atoms with E-state index in [1.165, 1.54) is 16.2 Å². The number of ether oxygens (including phenoxy) is 1. The molecule has 0 aliphatic carbocycles. The van der Waals surface area contributed by atoms with E-state index in [4.69, 9.17) is 9.84 Å². The van der Waals surface area contributed by atoms with Crippen molar-refractivity contribution in [3.05, 3.63) is 21.9 Å². The lowest BCUT2D eigenvalue weighted by molar-refractivity contribution is -0.171. The van der Waals surface area contributed by atoms with Crippen molar-refractivity contribution in [2.45, 2.75) is 19.1 Å². The van der Waals surface area contributed by atoms with E-state index in [0.29, 0.717) is 0 Å². The van der Waals surface area contributed by atoms with Crippen molar-refractivity contribution in [2.75, 3.05) is 13.7 Å². The molecular weight excluding hydrogens is 242 g/mol. The quantitative estimate of drug-likeness (QED) is 0.857. The minimum absolute atomic E-state index is 0.172. The molecule has 1 N–H and O–H groups in total. The molecule has 17 heavy (non-hydrogen) atoms. The Bertz CT molecular complexity index is 456. The van der Waals surface area contributed by atoms with Gasteiger partial charge < -0.3 is 14.7 Å². The fraction of sp³-hybridized carbons (Fsp3) is 0.455. The molecule has 2 atom stereocenters. The van der Waals surface area contributed by atoms with Gasteiger partial charge in [0.2, 0.25) is 5.91 Å². The van der Waals surface area contributed by atoms with E-state index in [1.807, 2.05) is 19.1 Å². The molecule has 0 spiro atoms. The third-order valence-electron chi connectivity index (χ3n) is 2.78. The van der Waals surface area contributed by atoms with Crippen LogP contribution in [0.5, 0.6) is 0 Å². The van der Waals surface area contributed by atoms with Gasteiger partial charge in [0.15, 0.2) is 6.10 Å². The Morgan fingerprint density at radius 3 is 2.82 bits per heavy atom. The van der Waals surface area contributed by atoms with Crippen LogP contribution in [0, 0.1) is 6.92 Å². The molecule has 1 amide bonds. The Labute approximate surface area is 103 Å². The highest BCUT2D eigenvalue weighted by atomic mass is 32.1. The number of rotatable bonds is 2. The topological polar surface area (TPSA) is 66.8 Å². The number of nitrogens with zero attached hydrogens (tertiary/aromatic N) is 1. The Morgan fingerprint density at radius 1 is 1.59 bits per heavy atom. The first-order valence-electron chi connectivity index (χ1n) is 5.17. The molecule has 2 heterocycles. The van der Waals surface area contributed by atoms with Gasteiger partial charge in [-0.3, -0.25) is 4.79 Å². The minimum atomic E-state index is -1.04. The van der Waals surface area contributed by atoms with Crippen LogP contribution < -0.4 is 0 Å². The average Bonchev–Trinajstić information content (AvgIpc) is 2.68. The number of carboxylic acid groups (broad SMARTS) is 1. The van der Waals surface area contributed by atoms with Gasteiger partial charge in [0.05, 0.1) is 0 Å². The van der Waals surface area contributed by atoms with E-state index >= 15 is 0 Å². The zero-order valence-corrected chi connectivity index (χ0v) is 10.4. The second-order valence-corrected chi connectivity index (χ2v) is 5.29. The van der Waals surface area contributed by atoms with Crippen LogP contribution >= 0.6 is 11.3 Å². The first-order chi connectivity index (χ1) is 8.00. The largest absolute Gasteiger partial charge is 0.479 e. The number of hydrogen-bond acceptors (Lipinski definition) is 4. The summed E-state index contributed by atoms with van der Waals surface area (Å²) in [5, 5.41) is 9.12. The molecule has 0 radical (unpaired) electrons. The molecule has 1 aliphatic heterocycles. The van der Waals surface area contributed by atoms with E-state index in [0.717, 1.165) is 9.75 Å². The lowest BCUT2D eigenvalue weighted by atomic mass is 10.1. The van der Waals surface area contributed by atoms with Gasteiger partial charge in [-0.25, -0.2) is 4.79 Å². The Hall–Kier alpha value is -1.40. The number of aryl methyl sites for hydroxylation is 1. The highest BCUT2D eigenvalue weighted by Gasteiger charge is 2.40. The summed E-state index contributed by atoms with van der Waals surface area (Å²) in [5.74, 6) is -1.24. The fourth-order valence-electron chi connectivity index (χ4n) is 1.87. The Kier molecular flexibility index (Phi) is 3.17. The number of thiophene rings is 1. The molecule has 0 saturated carbocycles. The number of aliphatic carboxylic acids is 1. The number of carbonyl (C=O) groups excluding carboxylic acids is 1. The number of hydrogen-bond donors (Lipinski definition) is 1. The zero-order valence-electron chi connectivity index (χ0n) is 9.54. The number of carbonyl (C=O) groups is 2. The van der Waals surface area contributed by atoms with E-state index in [9.17, 15) is 9.59 Å². The van der Waals surface area contributed by atoms with Crippen LogP contribution in [0.3, 0.4) is 0 Å². The second-order valence-electron chi connectivity index (χ2n) is 3.97.